The van der Waals surface area contributed by atoms with Crippen molar-refractivity contribution in [3.8, 4) is 0 Å². The van der Waals surface area contributed by atoms with Gasteiger partial charge in [0.15, 0.2) is 0 Å². The van der Waals surface area contributed by atoms with Crippen LogP contribution in [0.1, 0.15) is 64.2 Å². The van der Waals surface area contributed by atoms with Crippen LogP contribution < -0.4 is 21.5 Å². The summed E-state index contributed by atoms with van der Waals surface area (Å²) < 4.78 is 0. The number of carboxylic acids is 1. The molecule has 1 aliphatic heterocycles. The second-order valence-electron chi connectivity index (χ2n) is 8.90. The second kappa shape index (κ2) is 13.4. The summed E-state index contributed by atoms with van der Waals surface area (Å²) in [6.45, 7) is 0.193. The van der Waals surface area contributed by atoms with E-state index in [1.165, 1.54) is 23.1 Å². The average Bonchev–Trinajstić information content (AvgIpc) is 2.77. The quantitative estimate of drug-likeness (QED) is 0.350. The Morgan fingerprint density at radius 2 is 1.79 bits per heavy atom. The maximum absolute atomic E-state index is 13.2. The summed E-state index contributed by atoms with van der Waals surface area (Å²) in [6.07, 6.45) is 7.49. The minimum Gasteiger partial charge on any atom is -0.550 e. The van der Waals surface area contributed by atoms with E-state index < -0.39 is 42.2 Å². The third kappa shape index (κ3) is 8.87. The van der Waals surface area contributed by atoms with Crippen molar-refractivity contribution in [2.45, 2.75) is 82.3 Å². The fraction of sp³-hybridized carbons (Fsp3) is 0.773. The van der Waals surface area contributed by atoms with E-state index in [1.807, 2.05) is 6.26 Å². The summed E-state index contributed by atoms with van der Waals surface area (Å²) in [5.41, 5.74) is 5.57. The third-order valence-corrected chi connectivity index (χ3v) is 6.91. The van der Waals surface area contributed by atoms with Crippen molar-refractivity contribution < 1.29 is 29.1 Å². The number of rotatable bonds is 11. The summed E-state index contributed by atoms with van der Waals surface area (Å²) in [6, 6.07) is -2.08. The monoisotopic (exact) mass is 483 g/mol. The number of primary amides is 1. The average molecular weight is 484 g/mol. The summed E-state index contributed by atoms with van der Waals surface area (Å²) in [4.78, 5) is 62.1. The Morgan fingerprint density at radius 3 is 2.39 bits per heavy atom. The van der Waals surface area contributed by atoms with E-state index >= 15 is 0 Å². The third-order valence-electron chi connectivity index (χ3n) is 6.36. The van der Waals surface area contributed by atoms with E-state index in [0.717, 1.165) is 25.7 Å². The van der Waals surface area contributed by atoms with Crippen LogP contribution >= 0.6 is 11.8 Å². The molecule has 2 aliphatic rings. The van der Waals surface area contributed by atoms with Crippen LogP contribution in [0.15, 0.2) is 0 Å². The minimum absolute atomic E-state index is 0.157. The fourth-order valence-corrected chi connectivity index (χ4v) is 5.01. The van der Waals surface area contributed by atoms with Gasteiger partial charge in [-0.25, -0.2) is 0 Å². The number of carbonyl (C=O) groups is 5. The van der Waals surface area contributed by atoms with Crippen molar-refractivity contribution in [1.82, 2.24) is 15.5 Å². The van der Waals surface area contributed by atoms with Crippen molar-refractivity contribution >= 4 is 41.4 Å². The molecule has 186 valence electrons. The highest BCUT2D eigenvalue weighted by Gasteiger charge is 2.38. The van der Waals surface area contributed by atoms with Crippen molar-refractivity contribution in [2.24, 2.45) is 11.7 Å². The number of amides is 4. The van der Waals surface area contributed by atoms with Crippen LogP contribution in [0.4, 0.5) is 0 Å². The molecule has 1 aliphatic carbocycles. The van der Waals surface area contributed by atoms with Gasteiger partial charge in [-0.3, -0.25) is 19.2 Å². The Bertz CT molecular complexity index is 728. The molecule has 1 heterocycles. The predicted octanol–water partition coefficient (Wildman–Crippen LogP) is -0.704. The van der Waals surface area contributed by atoms with Gasteiger partial charge in [0.2, 0.25) is 23.6 Å². The molecule has 2 rings (SSSR count). The van der Waals surface area contributed by atoms with Crippen LogP contribution in [0.3, 0.4) is 0 Å². The lowest BCUT2D eigenvalue weighted by atomic mass is 9.84. The van der Waals surface area contributed by atoms with Crippen molar-refractivity contribution in [3.05, 3.63) is 0 Å². The first kappa shape index (κ1) is 26.9. The maximum atomic E-state index is 13.2. The topological polar surface area (TPSA) is 162 Å². The van der Waals surface area contributed by atoms with Gasteiger partial charge in [0.05, 0.1) is 5.75 Å². The zero-order valence-corrected chi connectivity index (χ0v) is 20.0. The van der Waals surface area contributed by atoms with Crippen LogP contribution in [-0.2, 0) is 24.0 Å². The number of nitrogens with zero attached hydrogens (tertiary/aromatic N) is 1. The molecule has 33 heavy (non-hydrogen) atoms. The number of hydrogen-bond acceptors (Lipinski definition) is 7. The number of carboxylic acid groups (broad SMARTS) is 1. The van der Waals surface area contributed by atoms with Crippen molar-refractivity contribution in [3.63, 3.8) is 0 Å². The molecule has 4 N–H and O–H groups in total. The molecule has 0 spiro atoms. The fourth-order valence-electron chi connectivity index (χ4n) is 4.67. The number of likely N-dealkylation sites (tertiary alicyclic amines) is 1. The molecule has 0 bridgehead atoms. The highest BCUT2D eigenvalue weighted by atomic mass is 32.2. The summed E-state index contributed by atoms with van der Waals surface area (Å²) in [5.74, 6) is -2.52. The predicted molar refractivity (Wildman–Crippen MR) is 122 cm³/mol. The number of carbonyl (C=O) groups excluding carboxylic acids is 5. The number of aliphatic carboxylic acids is 1. The lowest BCUT2D eigenvalue weighted by molar-refractivity contribution is -0.305. The van der Waals surface area contributed by atoms with Crippen LogP contribution in [0.5, 0.6) is 0 Å². The van der Waals surface area contributed by atoms with Crippen LogP contribution in [-0.4, -0.2) is 71.2 Å². The van der Waals surface area contributed by atoms with Crippen LogP contribution in [0.2, 0.25) is 0 Å². The molecule has 2 fully saturated rings. The maximum Gasteiger partial charge on any atom is 0.243 e. The van der Waals surface area contributed by atoms with E-state index in [4.69, 9.17) is 5.73 Å². The molecule has 0 radical (unpaired) electrons. The molecule has 1 saturated heterocycles. The standard InChI is InChI=1S/C22H36N4O6S/c1-33-13-18(27)24-15-9-10-26(19(28)7-8-20(29)30)17(12-15)22(32)25-16(21(23)31)11-14-5-3-2-4-6-14/h14-17H,2-13H2,1H3,(H2,23,31)(H,24,27)(H,25,32)(H,29,30)/p-1/t15-,16-,17-/m0/s1. The first-order chi connectivity index (χ1) is 15.7. The van der Waals surface area contributed by atoms with E-state index in [2.05, 4.69) is 10.6 Å². The van der Waals surface area contributed by atoms with Gasteiger partial charge < -0.3 is 31.2 Å². The minimum atomic E-state index is -1.34. The molecule has 0 unspecified atom stereocenters. The molecule has 0 aromatic carbocycles. The molecule has 4 amide bonds. The van der Waals surface area contributed by atoms with Crippen molar-refractivity contribution in [1.29, 1.82) is 0 Å². The first-order valence-corrected chi connectivity index (χ1v) is 13.0. The van der Waals surface area contributed by atoms with Gasteiger partial charge >= 0.3 is 0 Å². The lowest BCUT2D eigenvalue weighted by Crippen LogP contribution is -2.59. The van der Waals surface area contributed by atoms with Gasteiger partial charge in [-0.2, -0.15) is 11.8 Å². The van der Waals surface area contributed by atoms with Gasteiger partial charge in [-0.05, 0) is 37.9 Å². The van der Waals surface area contributed by atoms with E-state index in [-0.39, 0.29) is 37.1 Å². The number of thioether (sulfide) groups is 1. The van der Waals surface area contributed by atoms with Gasteiger partial charge in [-0.1, -0.05) is 32.1 Å². The largest absolute Gasteiger partial charge is 0.550 e. The summed E-state index contributed by atoms with van der Waals surface area (Å²) in [5, 5.41) is 16.4. The van der Waals surface area contributed by atoms with Gasteiger partial charge in [0.1, 0.15) is 12.1 Å². The highest BCUT2D eigenvalue weighted by molar-refractivity contribution is 7.99. The number of piperidine rings is 1. The van der Waals surface area contributed by atoms with E-state index in [1.54, 1.807) is 0 Å². The molecular formula is C22H35N4O6S-. The Balaban J connectivity index is 2.10. The van der Waals surface area contributed by atoms with Gasteiger partial charge in [-0.15, -0.1) is 0 Å². The molecule has 11 heteroatoms. The first-order valence-electron chi connectivity index (χ1n) is 11.6. The smallest absolute Gasteiger partial charge is 0.243 e. The summed E-state index contributed by atoms with van der Waals surface area (Å²) >= 11 is 1.38. The van der Waals surface area contributed by atoms with Crippen LogP contribution in [0.25, 0.3) is 0 Å². The van der Waals surface area contributed by atoms with Crippen molar-refractivity contribution in [2.75, 3.05) is 18.6 Å². The zero-order chi connectivity index (χ0) is 24.4. The molecular weight excluding hydrogens is 448 g/mol. The van der Waals surface area contributed by atoms with Gasteiger partial charge in [0, 0.05) is 25.0 Å². The Kier molecular flexibility index (Phi) is 11.0. The Labute approximate surface area is 198 Å². The van der Waals surface area contributed by atoms with Crippen LogP contribution in [0, 0.1) is 5.92 Å². The Morgan fingerprint density at radius 1 is 1.09 bits per heavy atom. The molecule has 1 saturated carbocycles. The molecule has 3 atom stereocenters. The normalized spacial score (nSPS) is 22.3. The lowest BCUT2D eigenvalue weighted by Gasteiger charge is -2.39. The summed E-state index contributed by atoms with van der Waals surface area (Å²) in [7, 11) is 0. The Hall–Kier alpha value is -2.30. The zero-order valence-electron chi connectivity index (χ0n) is 19.2. The SMILES string of the molecule is CSCC(=O)N[C@H]1CCN(C(=O)CCC(=O)[O-])[C@H](C(=O)N[C@@H](CC2CCCCC2)C(N)=O)C1. The molecule has 0 aromatic rings. The highest BCUT2D eigenvalue weighted by Crippen LogP contribution is 2.27. The van der Waals surface area contributed by atoms with E-state index in [0.29, 0.717) is 18.8 Å². The number of nitrogens with one attached hydrogen (secondary N) is 2. The number of hydrogen-bond donors (Lipinski definition) is 3. The second-order valence-corrected chi connectivity index (χ2v) is 9.77. The number of nitrogens with two attached hydrogens (primary N) is 1. The van der Waals surface area contributed by atoms with Gasteiger partial charge in [0.25, 0.3) is 0 Å². The molecule has 0 aromatic heterocycles. The van der Waals surface area contributed by atoms with E-state index in [9.17, 15) is 29.1 Å². The molecule has 10 nitrogen and oxygen atoms in total.